The summed E-state index contributed by atoms with van der Waals surface area (Å²) in [4.78, 5) is 25.3. The molecule has 3 atom stereocenters. The highest BCUT2D eigenvalue weighted by Gasteiger charge is 2.36. The van der Waals surface area contributed by atoms with Gasteiger partial charge in [0.2, 0.25) is 5.91 Å². The number of rotatable bonds is 3. The summed E-state index contributed by atoms with van der Waals surface area (Å²) < 4.78 is 0. The minimum absolute atomic E-state index is 0.0401. The van der Waals surface area contributed by atoms with E-state index in [4.69, 9.17) is 5.11 Å². The maximum absolute atomic E-state index is 12.4. The number of nitrogens with zero attached hydrogens (tertiary/aromatic N) is 1. The van der Waals surface area contributed by atoms with E-state index in [1.54, 1.807) is 0 Å². The molecule has 18 heavy (non-hydrogen) atoms. The first-order valence-corrected chi connectivity index (χ1v) is 7.13. The molecule has 1 amide bonds. The number of likely N-dealkylation sites (tertiary alicyclic amines) is 1. The van der Waals surface area contributed by atoms with E-state index in [0.29, 0.717) is 18.8 Å². The van der Waals surface area contributed by atoms with Gasteiger partial charge in [0.1, 0.15) is 0 Å². The summed E-state index contributed by atoms with van der Waals surface area (Å²) in [5.74, 6) is -0.237. The van der Waals surface area contributed by atoms with Crippen molar-refractivity contribution in [1.82, 2.24) is 4.90 Å². The number of carbonyl (C=O) groups is 2. The molecule has 2 aliphatic rings. The van der Waals surface area contributed by atoms with E-state index in [0.717, 1.165) is 32.4 Å². The van der Waals surface area contributed by atoms with Crippen LogP contribution in [0.2, 0.25) is 0 Å². The Morgan fingerprint density at radius 1 is 1.22 bits per heavy atom. The molecule has 3 unspecified atom stereocenters. The summed E-state index contributed by atoms with van der Waals surface area (Å²) in [5.41, 5.74) is 0. The number of carboxylic acids is 1. The highest BCUT2D eigenvalue weighted by atomic mass is 16.4. The Hall–Kier alpha value is -1.06. The van der Waals surface area contributed by atoms with Gasteiger partial charge in [-0.25, -0.2) is 0 Å². The Balaban J connectivity index is 1.89. The molecule has 2 fully saturated rings. The molecule has 1 saturated heterocycles. The fraction of sp³-hybridized carbons (Fsp3) is 0.857. The van der Waals surface area contributed by atoms with E-state index in [1.807, 2.05) is 4.90 Å². The van der Waals surface area contributed by atoms with Crippen molar-refractivity contribution in [3.05, 3.63) is 0 Å². The first kappa shape index (κ1) is 13.4. The largest absolute Gasteiger partial charge is 0.481 e. The van der Waals surface area contributed by atoms with E-state index < -0.39 is 5.97 Å². The summed E-state index contributed by atoms with van der Waals surface area (Å²) in [5, 5.41) is 8.98. The number of amides is 1. The monoisotopic (exact) mass is 253 g/mol. The molecule has 1 N–H and O–H groups in total. The smallest absolute Gasteiger partial charge is 0.306 e. The van der Waals surface area contributed by atoms with Crippen LogP contribution < -0.4 is 0 Å². The molecular formula is C14H23NO3. The number of hydrogen-bond donors (Lipinski definition) is 1. The molecule has 1 saturated carbocycles. The van der Waals surface area contributed by atoms with Crippen LogP contribution in [0.15, 0.2) is 0 Å². The second-order valence-corrected chi connectivity index (χ2v) is 5.75. The maximum Gasteiger partial charge on any atom is 0.306 e. The zero-order valence-corrected chi connectivity index (χ0v) is 11.1. The van der Waals surface area contributed by atoms with Crippen molar-refractivity contribution >= 4 is 11.9 Å². The van der Waals surface area contributed by atoms with Gasteiger partial charge in [-0.15, -0.1) is 0 Å². The molecule has 0 bridgehead atoms. The molecule has 2 rings (SSSR count). The van der Waals surface area contributed by atoms with Gasteiger partial charge in [-0.05, 0) is 38.0 Å². The fourth-order valence-corrected chi connectivity index (χ4v) is 3.29. The van der Waals surface area contributed by atoms with Crippen molar-refractivity contribution < 1.29 is 14.7 Å². The third-order valence-corrected chi connectivity index (χ3v) is 4.54. The molecule has 4 heteroatoms. The van der Waals surface area contributed by atoms with Crippen molar-refractivity contribution in [3.63, 3.8) is 0 Å². The van der Waals surface area contributed by atoms with E-state index in [-0.39, 0.29) is 17.7 Å². The molecule has 1 heterocycles. The minimum atomic E-state index is -0.740. The van der Waals surface area contributed by atoms with Crippen LogP contribution in [0.3, 0.4) is 0 Å². The SMILES string of the molecule is CCC1CCCN(C(=O)C2CCC(C(=O)O)C2)C1. The van der Waals surface area contributed by atoms with Gasteiger partial charge in [-0.3, -0.25) is 9.59 Å². The van der Waals surface area contributed by atoms with Gasteiger partial charge < -0.3 is 10.0 Å². The highest BCUT2D eigenvalue weighted by Crippen LogP contribution is 2.33. The van der Waals surface area contributed by atoms with Gasteiger partial charge in [0, 0.05) is 19.0 Å². The fourth-order valence-electron chi connectivity index (χ4n) is 3.29. The van der Waals surface area contributed by atoms with Crippen LogP contribution in [0.1, 0.15) is 45.4 Å². The maximum atomic E-state index is 12.4. The van der Waals surface area contributed by atoms with Gasteiger partial charge in [0.15, 0.2) is 0 Å². The number of hydrogen-bond acceptors (Lipinski definition) is 2. The van der Waals surface area contributed by atoms with Crippen LogP contribution >= 0.6 is 0 Å². The van der Waals surface area contributed by atoms with Crippen molar-refractivity contribution in [2.24, 2.45) is 17.8 Å². The van der Waals surface area contributed by atoms with Crippen LogP contribution in [0, 0.1) is 17.8 Å². The summed E-state index contributed by atoms with van der Waals surface area (Å²) >= 11 is 0. The van der Waals surface area contributed by atoms with E-state index in [1.165, 1.54) is 6.42 Å². The standard InChI is InChI=1S/C14H23NO3/c1-2-10-4-3-7-15(9-10)13(16)11-5-6-12(8-11)14(17)18/h10-12H,2-9H2,1H3,(H,17,18). The third kappa shape index (κ3) is 2.85. The Labute approximate surface area is 108 Å². The topological polar surface area (TPSA) is 57.6 Å². The molecule has 0 aromatic heterocycles. The Morgan fingerprint density at radius 2 is 1.94 bits per heavy atom. The lowest BCUT2D eigenvalue weighted by Crippen LogP contribution is -2.42. The molecule has 1 aliphatic heterocycles. The molecule has 0 radical (unpaired) electrons. The van der Waals surface area contributed by atoms with Gasteiger partial charge in [0.25, 0.3) is 0 Å². The zero-order chi connectivity index (χ0) is 13.1. The Kier molecular flexibility index (Phi) is 4.25. The predicted molar refractivity (Wildman–Crippen MR) is 68.1 cm³/mol. The first-order valence-electron chi connectivity index (χ1n) is 7.13. The van der Waals surface area contributed by atoms with Gasteiger partial charge in [-0.2, -0.15) is 0 Å². The lowest BCUT2D eigenvalue weighted by atomic mass is 9.94. The number of carbonyl (C=O) groups excluding carboxylic acids is 1. The lowest BCUT2D eigenvalue weighted by Gasteiger charge is -2.34. The average molecular weight is 253 g/mol. The number of piperidine rings is 1. The average Bonchev–Trinajstić information content (AvgIpc) is 2.87. The highest BCUT2D eigenvalue weighted by molar-refractivity contribution is 5.81. The minimum Gasteiger partial charge on any atom is -0.481 e. The zero-order valence-electron chi connectivity index (χ0n) is 11.1. The van der Waals surface area contributed by atoms with E-state index in [2.05, 4.69) is 6.92 Å². The van der Waals surface area contributed by atoms with Crippen molar-refractivity contribution in [2.45, 2.75) is 45.4 Å². The first-order chi connectivity index (χ1) is 8.61. The Morgan fingerprint density at radius 3 is 2.56 bits per heavy atom. The third-order valence-electron chi connectivity index (χ3n) is 4.54. The van der Waals surface area contributed by atoms with Crippen LogP contribution in [0.4, 0.5) is 0 Å². The van der Waals surface area contributed by atoms with Crippen molar-refractivity contribution in [1.29, 1.82) is 0 Å². The van der Waals surface area contributed by atoms with Gasteiger partial charge >= 0.3 is 5.97 Å². The van der Waals surface area contributed by atoms with Crippen LogP contribution in [0.25, 0.3) is 0 Å². The van der Waals surface area contributed by atoms with Crippen molar-refractivity contribution in [2.75, 3.05) is 13.1 Å². The summed E-state index contributed by atoms with van der Waals surface area (Å²) in [6.45, 7) is 3.92. The molecular weight excluding hydrogens is 230 g/mol. The molecule has 0 aromatic carbocycles. The lowest BCUT2D eigenvalue weighted by molar-refractivity contribution is -0.142. The second kappa shape index (κ2) is 5.72. The summed E-state index contributed by atoms with van der Waals surface area (Å²) in [6, 6.07) is 0. The predicted octanol–water partition coefficient (Wildman–Crippen LogP) is 2.14. The van der Waals surface area contributed by atoms with Crippen LogP contribution in [-0.2, 0) is 9.59 Å². The van der Waals surface area contributed by atoms with E-state index in [9.17, 15) is 9.59 Å². The van der Waals surface area contributed by atoms with Crippen LogP contribution in [0.5, 0.6) is 0 Å². The molecule has 102 valence electrons. The molecule has 4 nitrogen and oxygen atoms in total. The number of aliphatic carboxylic acids is 1. The molecule has 0 aromatic rings. The van der Waals surface area contributed by atoms with E-state index >= 15 is 0 Å². The van der Waals surface area contributed by atoms with Gasteiger partial charge in [0.05, 0.1) is 5.92 Å². The summed E-state index contributed by atoms with van der Waals surface area (Å²) in [6.07, 6.45) is 5.41. The quantitative estimate of drug-likeness (QED) is 0.838. The summed E-state index contributed by atoms with van der Waals surface area (Å²) in [7, 11) is 0. The molecule has 0 spiro atoms. The Bertz CT molecular complexity index is 329. The normalized spacial score (nSPS) is 32.5. The second-order valence-electron chi connectivity index (χ2n) is 5.75. The van der Waals surface area contributed by atoms with Gasteiger partial charge in [-0.1, -0.05) is 13.3 Å². The van der Waals surface area contributed by atoms with Crippen molar-refractivity contribution in [3.8, 4) is 0 Å². The van der Waals surface area contributed by atoms with Crippen LogP contribution in [-0.4, -0.2) is 35.0 Å². The molecule has 1 aliphatic carbocycles. The number of carboxylic acid groups (broad SMARTS) is 1.